The molecule has 3 N–H and O–H groups in total. The van der Waals surface area contributed by atoms with Crippen LogP contribution in [0.4, 0.5) is 16.2 Å². The number of thiophene rings is 1. The van der Waals surface area contributed by atoms with E-state index in [0.29, 0.717) is 25.9 Å². The van der Waals surface area contributed by atoms with Gasteiger partial charge in [-0.2, -0.15) is 11.3 Å². The van der Waals surface area contributed by atoms with Crippen molar-refractivity contribution in [3.63, 3.8) is 0 Å². The standard InChI is InChI=1S/C19H22N4O2S/c1-13(14-6-11-26-12-14)20-18(25)23-9-7-19(8-10-23)17(24)21-15-4-2-3-5-16(15)22-19/h2-6,11-13,22H,7-10H2,1H3,(H,20,25)(H,21,24). The van der Waals surface area contributed by atoms with Crippen LogP contribution in [0.3, 0.4) is 0 Å². The third kappa shape index (κ3) is 3.03. The molecule has 6 nitrogen and oxygen atoms in total. The first-order chi connectivity index (χ1) is 12.6. The highest BCUT2D eigenvalue weighted by atomic mass is 32.1. The van der Waals surface area contributed by atoms with Gasteiger partial charge in [0.05, 0.1) is 17.4 Å². The van der Waals surface area contributed by atoms with Crippen LogP contribution in [0.25, 0.3) is 0 Å². The number of likely N-dealkylation sites (tertiary alicyclic amines) is 1. The van der Waals surface area contributed by atoms with Crippen molar-refractivity contribution in [3.05, 3.63) is 46.7 Å². The lowest BCUT2D eigenvalue weighted by Crippen LogP contribution is -2.60. The number of nitrogens with one attached hydrogen (secondary N) is 3. The Morgan fingerprint density at radius 1 is 1.23 bits per heavy atom. The molecule has 4 rings (SSSR count). The molecule has 1 unspecified atom stereocenters. The van der Waals surface area contributed by atoms with Crippen LogP contribution in [0.15, 0.2) is 41.1 Å². The molecule has 0 aliphatic carbocycles. The Labute approximate surface area is 156 Å². The van der Waals surface area contributed by atoms with Gasteiger partial charge in [-0.05, 0) is 54.3 Å². The van der Waals surface area contributed by atoms with E-state index in [-0.39, 0.29) is 18.0 Å². The van der Waals surface area contributed by atoms with E-state index in [1.54, 1.807) is 16.2 Å². The van der Waals surface area contributed by atoms with E-state index in [1.807, 2.05) is 48.0 Å². The van der Waals surface area contributed by atoms with Crippen molar-refractivity contribution in [2.75, 3.05) is 23.7 Å². The number of nitrogens with zero attached hydrogens (tertiary/aromatic N) is 1. The third-order valence-corrected chi connectivity index (χ3v) is 5.97. The number of para-hydroxylation sites is 2. The monoisotopic (exact) mass is 370 g/mol. The number of amides is 3. The average Bonchev–Trinajstić information content (AvgIpc) is 3.18. The van der Waals surface area contributed by atoms with Gasteiger partial charge in [-0.3, -0.25) is 4.79 Å². The molecule has 7 heteroatoms. The highest BCUT2D eigenvalue weighted by molar-refractivity contribution is 7.07. The lowest BCUT2D eigenvalue weighted by atomic mass is 9.84. The fourth-order valence-corrected chi connectivity index (χ4v) is 4.34. The number of fused-ring (bicyclic) bond motifs is 1. The molecule has 1 aromatic heterocycles. The first kappa shape index (κ1) is 16.9. The Morgan fingerprint density at radius 3 is 2.65 bits per heavy atom. The summed E-state index contributed by atoms with van der Waals surface area (Å²) in [6.07, 6.45) is 1.18. The van der Waals surface area contributed by atoms with Gasteiger partial charge in [-0.1, -0.05) is 12.1 Å². The molecule has 26 heavy (non-hydrogen) atoms. The molecule has 0 saturated carbocycles. The van der Waals surface area contributed by atoms with Crippen LogP contribution >= 0.6 is 11.3 Å². The first-order valence-corrected chi connectivity index (χ1v) is 9.78. The summed E-state index contributed by atoms with van der Waals surface area (Å²) in [6, 6.07) is 9.64. The normalized spacial score (nSPS) is 19.3. The van der Waals surface area contributed by atoms with Crippen LogP contribution in [-0.2, 0) is 4.79 Å². The highest BCUT2D eigenvalue weighted by Crippen LogP contribution is 2.36. The molecular weight excluding hydrogens is 348 g/mol. The van der Waals surface area contributed by atoms with E-state index < -0.39 is 5.54 Å². The molecule has 3 amide bonds. The van der Waals surface area contributed by atoms with Gasteiger partial charge in [-0.25, -0.2) is 4.79 Å². The first-order valence-electron chi connectivity index (χ1n) is 8.84. The minimum atomic E-state index is -0.635. The van der Waals surface area contributed by atoms with E-state index in [4.69, 9.17) is 0 Å². The van der Waals surface area contributed by atoms with E-state index in [1.165, 1.54) is 0 Å². The number of carbonyl (C=O) groups is 2. The molecule has 1 aromatic carbocycles. The number of hydrogen-bond donors (Lipinski definition) is 3. The summed E-state index contributed by atoms with van der Waals surface area (Å²) < 4.78 is 0. The maximum absolute atomic E-state index is 12.7. The van der Waals surface area contributed by atoms with E-state index >= 15 is 0 Å². The molecule has 1 fully saturated rings. The van der Waals surface area contributed by atoms with Crippen LogP contribution in [0.2, 0.25) is 0 Å². The van der Waals surface area contributed by atoms with Gasteiger partial charge in [0.1, 0.15) is 5.54 Å². The fraction of sp³-hybridized carbons (Fsp3) is 0.368. The Kier molecular flexibility index (Phi) is 4.32. The number of carbonyl (C=O) groups excluding carboxylic acids is 2. The molecule has 0 bridgehead atoms. The predicted octanol–water partition coefficient (Wildman–Crippen LogP) is 3.42. The summed E-state index contributed by atoms with van der Waals surface area (Å²) in [4.78, 5) is 27.0. The van der Waals surface area contributed by atoms with Gasteiger partial charge in [-0.15, -0.1) is 0 Å². The number of benzene rings is 1. The van der Waals surface area contributed by atoms with Gasteiger partial charge < -0.3 is 20.9 Å². The van der Waals surface area contributed by atoms with Crippen molar-refractivity contribution >= 4 is 34.6 Å². The average molecular weight is 370 g/mol. The second kappa shape index (κ2) is 6.64. The van der Waals surface area contributed by atoms with Crippen molar-refractivity contribution in [1.29, 1.82) is 0 Å². The zero-order valence-corrected chi connectivity index (χ0v) is 15.4. The van der Waals surface area contributed by atoms with Gasteiger partial charge in [0.2, 0.25) is 5.91 Å². The van der Waals surface area contributed by atoms with Crippen LogP contribution in [0.1, 0.15) is 31.4 Å². The van der Waals surface area contributed by atoms with Crippen LogP contribution < -0.4 is 16.0 Å². The SMILES string of the molecule is CC(NC(=O)N1CCC2(CC1)Nc1ccccc1NC2=O)c1ccsc1. The lowest BCUT2D eigenvalue weighted by molar-refractivity contribution is -0.121. The molecular formula is C19H22N4O2S. The van der Waals surface area contributed by atoms with E-state index in [0.717, 1.165) is 16.9 Å². The second-order valence-electron chi connectivity index (χ2n) is 6.92. The van der Waals surface area contributed by atoms with Crippen molar-refractivity contribution < 1.29 is 9.59 Å². The molecule has 1 atom stereocenters. The van der Waals surface area contributed by atoms with Crippen LogP contribution in [-0.4, -0.2) is 35.5 Å². The molecule has 1 spiro atoms. The Hall–Kier alpha value is -2.54. The lowest BCUT2D eigenvalue weighted by Gasteiger charge is -2.44. The smallest absolute Gasteiger partial charge is 0.317 e. The summed E-state index contributed by atoms with van der Waals surface area (Å²) in [5, 5.41) is 13.5. The second-order valence-corrected chi connectivity index (χ2v) is 7.70. The predicted molar refractivity (Wildman–Crippen MR) is 103 cm³/mol. The number of anilines is 2. The zero-order valence-electron chi connectivity index (χ0n) is 14.6. The van der Waals surface area contributed by atoms with Gasteiger partial charge in [0, 0.05) is 13.1 Å². The van der Waals surface area contributed by atoms with Crippen molar-refractivity contribution in [2.45, 2.75) is 31.3 Å². The molecule has 2 aliphatic rings. The van der Waals surface area contributed by atoms with E-state index in [2.05, 4.69) is 16.0 Å². The minimum absolute atomic E-state index is 0.0112. The third-order valence-electron chi connectivity index (χ3n) is 5.27. The van der Waals surface area contributed by atoms with Gasteiger partial charge in [0.15, 0.2) is 0 Å². The topological polar surface area (TPSA) is 73.5 Å². The summed E-state index contributed by atoms with van der Waals surface area (Å²) in [5.41, 5.74) is 2.23. The number of urea groups is 1. The highest BCUT2D eigenvalue weighted by Gasteiger charge is 2.45. The molecule has 1 saturated heterocycles. The van der Waals surface area contributed by atoms with Crippen molar-refractivity contribution in [3.8, 4) is 0 Å². The Balaban J connectivity index is 1.39. The Bertz CT molecular complexity index is 813. The van der Waals surface area contributed by atoms with Crippen molar-refractivity contribution in [1.82, 2.24) is 10.2 Å². The molecule has 0 radical (unpaired) electrons. The van der Waals surface area contributed by atoms with E-state index in [9.17, 15) is 9.59 Å². The Morgan fingerprint density at radius 2 is 1.96 bits per heavy atom. The maximum atomic E-state index is 12.7. The fourth-order valence-electron chi connectivity index (χ4n) is 3.58. The summed E-state index contributed by atoms with van der Waals surface area (Å²) in [7, 11) is 0. The van der Waals surface area contributed by atoms with Gasteiger partial charge in [0.25, 0.3) is 0 Å². The molecule has 3 heterocycles. The van der Waals surface area contributed by atoms with Crippen molar-refractivity contribution in [2.24, 2.45) is 0 Å². The van der Waals surface area contributed by atoms with Crippen LogP contribution in [0.5, 0.6) is 0 Å². The van der Waals surface area contributed by atoms with Crippen LogP contribution in [0, 0.1) is 0 Å². The quantitative estimate of drug-likeness (QED) is 0.758. The number of rotatable bonds is 2. The summed E-state index contributed by atoms with van der Waals surface area (Å²) >= 11 is 1.62. The minimum Gasteiger partial charge on any atom is -0.369 e. The summed E-state index contributed by atoms with van der Waals surface area (Å²) in [6.45, 7) is 3.08. The number of piperidine rings is 1. The molecule has 136 valence electrons. The largest absolute Gasteiger partial charge is 0.369 e. The van der Waals surface area contributed by atoms with Gasteiger partial charge >= 0.3 is 6.03 Å². The zero-order chi connectivity index (χ0) is 18.1. The molecule has 2 aliphatic heterocycles. The maximum Gasteiger partial charge on any atom is 0.317 e. The number of hydrogen-bond acceptors (Lipinski definition) is 4. The summed E-state index contributed by atoms with van der Waals surface area (Å²) in [5.74, 6) is -0.0112. The molecule has 2 aromatic rings.